The van der Waals surface area contributed by atoms with Crippen LogP contribution in [0.3, 0.4) is 0 Å². The van der Waals surface area contributed by atoms with Gasteiger partial charge < -0.3 is 9.47 Å². The van der Waals surface area contributed by atoms with Crippen LogP contribution >= 0.6 is 11.3 Å². The molecule has 0 unspecified atom stereocenters. The number of hydrogen-bond donors (Lipinski definition) is 0. The highest BCUT2D eigenvalue weighted by Crippen LogP contribution is 2.37. The summed E-state index contributed by atoms with van der Waals surface area (Å²) in [5, 5.41) is 2.05. The number of benzene rings is 1. The van der Waals surface area contributed by atoms with Crippen molar-refractivity contribution in [2.45, 2.75) is 13.1 Å². The van der Waals surface area contributed by atoms with Crippen LogP contribution in [0.2, 0.25) is 0 Å². The van der Waals surface area contributed by atoms with E-state index in [9.17, 15) is 9.59 Å². The predicted octanol–water partition coefficient (Wildman–Crippen LogP) is 2.09. The Morgan fingerprint density at radius 2 is 1.77 bits per heavy atom. The summed E-state index contributed by atoms with van der Waals surface area (Å²) in [6.07, 6.45) is 0. The van der Waals surface area contributed by atoms with Gasteiger partial charge in [-0.2, -0.15) is 0 Å². The summed E-state index contributed by atoms with van der Waals surface area (Å²) >= 11 is 1.71. The quantitative estimate of drug-likeness (QED) is 0.772. The molecule has 7 heteroatoms. The van der Waals surface area contributed by atoms with Crippen LogP contribution in [-0.4, -0.2) is 41.5 Å². The van der Waals surface area contributed by atoms with Crippen molar-refractivity contribution in [3.8, 4) is 11.5 Å². The molecule has 4 heterocycles. The number of ether oxygens (including phenoxy) is 2. The third-order valence-corrected chi connectivity index (χ3v) is 6.16. The molecular weight excluding hydrogens is 352 g/mol. The van der Waals surface area contributed by atoms with Crippen molar-refractivity contribution in [3.63, 3.8) is 0 Å². The minimum absolute atomic E-state index is 0.0497. The number of carbonyl (C=O) groups excluding carboxylic acids is 2. The summed E-state index contributed by atoms with van der Waals surface area (Å²) in [6.45, 7) is 2.64. The van der Waals surface area contributed by atoms with Gasteiger partial charge in [0.2, 0.25) is 18.6 Å². The molecule has 2 aromatic rings. The van der Waals surface area contributed by atoms with Crippen LogP contribution < -0.4 is 9.47 Å². The number of nitrogens with zero attached hydrogens (tertiary/aromatic N) is 2. The Bertz CT molecular complexity index is 842. The van der Waals surface area contributed by atoms with Gasteiger partial charge in [0.05, 0.1) is 18.4 Å². The number of hydrogen-bond acceptors (Lipinski definition) is 6. The van der Waals surface area contributed by atoms with E-state index in [4.69, 9.17) is 9.47 Å². The van der Waals surface area contributed by atoms with E-state index in [-0.39, 0.29) is 30.4 Å². The number of rotatable bonds is 4. The zero-order valence-electron chi connectivity index (χ0n) is 14.1. The van der Waals surface area contributed by atoms with Crippen molar-refractivity contribution in [1.82, 2.24) is 9.80 Å². The van der Waals surface area contributed by atoms with Crippen molar-refractivity contribution >= 4 is 23.2 Å². The Morgan fingerprint density at radius 3 is 2.50 bits per heavy atom. The minimum atomic E-state index is -0.212. The van der Waals surface area contributed by atoms with E-state index in [0.717, 1.165) is 12.1 Å². The van der Waals surface area contributed by atoms with E-state index in [2.05, 4.69) is 16.3 Å². The first-order chi connectivity index (χ1) is 12.7. The first-order valence-electron chi connectivity index (χ1n) is 8.67. The SMILES string of the molecule is O=C1[C@H]2CN(Cc3cccs3)C[C@H]2C(=O)N1Cc1ccc2c(c1)OCO2. The molecule has 0 N–H and O–H groups in total. The summed E-state index contributed by atoms with van der Waals surface area (Å²) in [6, 6.07) is 9.67. The van der Waals surface area contributed by atoms with Crippen LogP contribution in [0, 0.1) is 11.8 Å². The molecule has 2 saturated heterocycles. The smallest absolute Gasteiger partial charge is 0.234 e. The van der Waals surface area contributed by atoms with Gasteiger partial charge in [-0.05, 0) is 29.1 Å². The Balaban J connectivity index is 1.28. The lowest BCUT2D eigenvalue weighted by Crippen LogP contribution is -2.35. The lowest BCUT2D eigenvalue weighted by atomic mass is 10.00. The third kappa shape index (κ3) is 2.59. The number of carbonyl (C=O) groups is 2. The second-order valence-electron chi connectivity index (χ2n) is 6.94. The molecule has 3 aliphatic rings. The van der Waals surface area contributed by atoms with Crippen molar-refractivity contribution in [2.75, 3.05) is 19.9 Å². The Morgan fingerprint density at radius 1 is 1.00 bits per heavy atom. The van der Waals surface area contributed by atoms with Gasteiger partial charge in [-0.15, -0.1) is 11.3 Å². The molecule has 2 fully saturated rings. The lowest BCUT2D eigenvalue weighted by Gasteiger charge is -2.20. The van der Waals surface area contributed by atoms with E-state index in [0.29, 0.717) is 31.1 Å². The molecule has 0 aliphatic carbocycles. The van der Waals surface area contributed by atoms with Crippen LogP contribution in [-0.2, 0) is 22.7 Å². The van der Waals surface area contributed by atoms with E-state index in [1.165, 1.54) is 9.78 Å². The molecule has 0 radical (unpaired) electrons. The highest BCUT2D eigenvalue weighted by molar-refractivity contribution is 7.09. The maximum atomic E-state index is 12.8. The van der Waals surface area contributed by atoms with Gasteiger partial charge in [0.25, 0.3) is 0 Å². The second kappa shape index (κ2) is 6.10. The molecule has 0 saturated carbocycles. The summed E-state index contributed by atoms with van der Waals surface area (Å²) in [5.41, 5.74) is 0.881. The fourth-order valence-corrected chi connectivity index (χ4v) is 4.77. The van der Waals surface area contributed by atoms with Crippen LogP contribution in [0.1, 0.15) is 10.4 Å². The molecular formula is C19H18N2O4S. The first-order valence-corrected chi connectivity index (χ1v) is 9.55. The average Bonchev–Trinajstić information content (AvgIpc) is 3.40. The van der Waals surface area contributed by atoms with Crippen LogP contribution in [0.25, 0.3) is 0 Å². The maximum absolute atomic E-state index is 12.8. The largest absolute Gasteiger partial charge is 0.454 e. The summed E-state index contributed by atoms with van der Waals surface area (Å²) in [5.74, 6) is 0.850. The Labute approximate surface area is 154 Å². The normalized spacial score (nSPS) is 24.5. The molecule has 0 spiro atoms. The van der Waals surface area contributed by atoms with Gasteiger partial charge in [-0.3, -0.25) is 19.4 Å². The van der Waals surface area contributed by atoms with Crippen molar-refractivity contribution < 1.29 is 19.1 Å². The van der Waals surface area contributed by atoms with Crippen molar-refractivity contribution in [2.24, 2.45) is 11.8 Å². The first kappa shape index (κ1) is 15.8. The summed E-state index contributed by atoms with van der Waals surface area (Å²) < 4.78 is 10.7. The zero-order valence-corrected chi connectivity index (χ0v) is 14.9. The fourth-order valence-electron chi connectivity index (χ4n) is 4.02. The number of amides is 2. The van der Waals surface area contributed by atoms with E-state index >= 15 is 0 Å². The molecule has 134 valence electrons. The molecule has 5 rings (SSSR count). The second-order valence-corrected chi connectivity index (χ2v) is 7.97. The van der Waals surface area contributed by atoms with E-state index < -0.39 is 0 Å². The standard InChI is InChI=1S/C19H18N2O4S/c22-18-14-9-20(8-13-2-1-5-26-13)10-15(14)19(23)21(18)7-12-3-4-16-17(6-12)25-11-24-16/h1-6,14-15H,7-11H2/t14-,15+. The fraction of sp³-hybridized carbons (Fsp3) is 0.368. The summed E-state index contributed by atoms with van der Waals surface area (Å²) in [4.78, 5) is 30.5. The number of fused-ring (bicyclic) bond motifs is 2. The molecule has 6 nitrogen and oxygen atoms in total. The van der Waals surface area contributed by atoms with E-state index in [1.807, 2.05) is 24.3 Å². The topological polar surface area (TPSA) is 59.1 Å². The van der Waals surface area contributed by atoms with Gasteiger partial charge in [0.15, 0.2) is 11.5 Å². The van der Waals surface area contributed by atoms with Gasteiger partial charge in [-0.1, -0.05) is 12.1 Å². The minimum Gasteiger partial charge on any atom is -0.454 e. The van der Waals surface area contributed by atoms with Crippen molar-refractivity contribution in [1.29, 1.82) is 0 Å². The van der Waals surface area contributed by atoms with Crippen molar-refractivity contribution in [3.05, 3.63) is 46.2 Å². The summed E-state index contributed by atoms with van der Waals surface area (Å²) in [7, 11) is 0. The molecule has 26 heavy (non-hydrogen) atoms. The Hall–Kier alpha value is -2.38. The number of thiophene rings is 1. The van der Waals surface area contributed by atoms with Gasteiger partial charge in [-0.25, -0.2) is 0 Å². The highest BCUT2D eigenvalue weighted by atomic mass is 32.1. The van der Waals surface area contributed by atoms with Gasteiger partial charge in [0, 0.05) is 24.5 Å². The van der Waals surface area contributed by atoms with Crippen LogP contribution in [0.5, 0.6) is 11.5 Å². The number of likely N-dealkylation sites (tertiary alicyclic amines) is 2. The molecule has 1 aromatic carbocycles. The maximum Gasteiger partial charge on any atom is 0.234 e. The predicted molar refractivity (Wildman–Crippen MR) is 94.7 cm³/mol. The van der Waals surface area contributed by atoms with Crippen LogP contribution in [0.4, 0.5) is 0 Å². The van der Waals surface area contributed by atoms with Gasteiger partial charge in [0.1, 0.15) is 0 Å². The average molecular weight is 370 g/mol. The lowest BCUT2D eigenvalue weighted by molar-refractivity contribution is -0.141. The molecule has 2 atom stereocenters. The molecule has 0 bridgehead atoms. The van der Waals surface area contributed by atoms with Crippen LogP contribution in [0.15, 0.2) is 35.7 Å². The molecule has 3 aliphatic heterocycles. The third-order valence-electron chi connectivity index (χ3n) is 5.30. The Kier molecular flexibility index (Phi) is 3.72. The van der Waals surface area contributed by atoms with E-state index in [1.54, 1.807) is 11.3 Å². The number of imide groups is 1. The molecule has 1 aromatic heterocycles. The monoisotopic (exact) mass is 370 g/mol. The highest BCUT2D eigenvalue weighted by Gasteiger charge is 2.52. The molecule has 2 amide bonds. The zero-order chi connectivity index (χ0) is 17.7. The van der Waals surface area contributed by atoms with Gasteiger partial charge >= 0.3 is 0 Å².